The maximum atomic E-state index is 5.60. The lowest BCUT2D eigenvalue weighted by Gasteiger charge is -2.36. The smallest absolute Gasteiger partial charge is 0.205 e. The van der Waals surface area contributed by atoms with Gasteiger partial charge in [0.1, 0.15) is 5.82 Å². The highest BCUT2D eigenvalue weighted by atomic mass is 32.1. The van der Waals surface area contributed by atoms with Crippen molar-refractivity contribution in [1.29, 1.82) is 0 Å². The summed E-state index contributed by atoms with van der Waals surface area (Å²) in [4.78, 5) is 6.72. The van der Waals surface area contributed by atoms with Crippen molar-refractivity contribution in [3.63, 3.8) is 0 Å². The molecule has 1 aromatic rings. The first kappa shape index (κ1) is 9.86. The molecule has 0 unspecified atom stereocenters. The Kier molecular flexibility index (Phi) is 2.98. The molecular weight excluding hydrogens is 196 g/mol. The number of aromatic nitrogens is 2. The lowest BCUT2D eigenvalue weighted by Crippen LogP contribution is -2.43. The van der Waals surface area contributed by atoms with E-state index in [0.717, 1.165) is 17.5 Å². The lowest BCUT2D eigenvalue weighted by molar-refractivity contribution is 0.387. The quantitative estimate of drug-likeness (QED) is 0.814. The van der Waals surface area contributed by atoms with Gasteiger partial charge in [-0.2, -0.15) is 4.37 Å². The van der Waals surface area contributed by atoms with Crippen LogP contribution in [0.5, 0.6) is 0 Å². The Morgan fingerprint density at radius 2 is 2.36 bits per heavy atom. The Morgan fingerprint density at radius 3 is 2.79 bits per heavy atom. The molecule has 5 heteroatoms. The first-order chi connectivity index (χ1) is 6.81. The molecule has 4 nitrogen and oxygen atoms in total. The molecule has 0 spiro atoms. The molecule has 1 aromatic heterocycles. The molecule has 1 saturated carbocycles. The average molecular weight is 212 g/mol. The van der Waals surface area contributed by atoms with Gasteiger partial charge in [0.25, 0.3) is 0 Å². The van der Waals surface area contributed by atoms with Gasteiger partial charge in [-0.15, -0.1) is 0 Å². The molecule has 1 heterocycles. The fraction of sp³-hybridized carbons (Fsp3) is 0.778. The molecule has 0 saturated heterocycles. The number of anilines is 1. The Bertz CT molecular complexity index is 295. The summed E-state index contributed by atoms with van der Waals surface area (Å²) in [5.41, 5.74) is 5.60. The van der Waals surface area contributed by atoms with Crippen molar-refractivity contribution in [2.24, 2.45) is 5.73 Å². The molecule has 1 aliphatic rings. The van der Waals surface area contributed by atoms with Crippen LogP contribution in [-0.4, -0.2) is 28.5 Å². The molecule has 0 aliphatic heterocycles. The SMILES string of the molecule is Cc1nsc(N(CCN)C2CCC2)n1. The predicted molar refractivity (Wildman–Crippen MR) is 58.7 cm³/mol. The zero-order valence-electron chi connectivity index (χ0n) is 8.44. The zero-order chi connectivity index (χ0) is 9.97. The van der Waals surface area contributed by atoms with Gasteiger partial charge in [0.15, 0.2) is 0 Å². The third-order valence-electron chi connectivity index (χ3n) is 2.65. The number of aryl methyl sites for hydroxylation is 1. The summed E-state index contributed by atoms with van der Waals surface area (Å²) in [6.45, 7) is 3.52. The Balaban J connectivity index is 2.09. The molecule has 1 fully saturated rings. The molecule has 0 aromatic carbocycles. The first-order valence-electron chi connectivity index (χ1n) is 5.08. The van der Waals surface area contributed by atoms with E-state index in [1.807, 2.05) is 6.92 Å². The summed E-state index contributed by atoms with van der Waals surface area (Å²) < 4.78 is 4.21. The van der Waals surface area contributed by atoms with Crippen LogP contribution < -0.4 is 10.6 Å². The van der Waals surface area contributed by atoms with Crippen molar-refractivity contribution >= 4 is 16.7 Å². The minimum atomic E-state index is 0.658. The number of hydrogen-bond donors (Lipinski definition) is 1. The van der Waals surface area contributed by atoms with Crippen LogP contribution in [-0.2, 0) is 0 Å². The van der Waals surface area contributed by atoms with E-state index < -0.39 is 0 Å². The van der Waals surface area contributed by atoms with E-state index in [4.69, 9.17) is 5.73 Å². The standard InChI is InChI=1S/C9H16N4S/c1-7-11-9(14-12-7)13(6-5-10)8-3-2-4-8/h8H,2-6,10H2,1H3. The molecule has 0 atom stereocenters. The molecule has 2 N–H and O–H groups in total. The van der Waals surface area contributed by atoms with Crippen molar-refractivity contribution in [3.8, 4) is 0 Å². The summed E-state index contributed by atoms with van der Waals surface area (Å²) in [6, 6.07) is 0.658. The lowest BCUT2D eigenvalue weighted by atomic mass is 9.92. The van der Waals surface area contributed by atoms with E-state index in [1.54, 1.807) is 0 Å². The van der Waals surface area contributed by atoms with Gasteiger partial charge < -0.3 is 10.6 Å². The largest absolute Gasteiger partial charge is 0.343 e. The first-order valence-corrected chi connectivity index (χ1v) is 5.85. The van der Waals surface area contributed by atoms with Gasteiger partial charge in [-0.05, 0) is 26.2 Å². The third-order valence-corrected chi connectivity index (χ3v) is 3.49. The number of nitrogens with zero attached hydrogens (tertiary/aromatic N) is 3. The van der Waals surface area contributed by atoms with Crippen molar-refractivity contribution in [3.05, 3.63) is 5.82 Å². The summed E-state index contributed by atoms with van der Waals surface area (Å²) in [5.74, 6) is 0.867. The van der Waals surface area contributed by atoms with Gasteiger partial charge in [0, 0.05) is 30.7 Å². The van der Waals surface area contributed by atoms with Gasteiger partial charge >= 0.3 is 0 Å². The van der Waals surface area contributed by atoms with E-state index in [9.17, 15) is 0 Å². The van der Waals surface area contributed by atoms with Crippen LogP contribution in [0.1, 0.15) is 25.1 Å². The van der Waals surface area contributed by atoms with Crippen molar-refractivity contribution in [1.82, 2.24) is 9.36 Å². The highest BCUT2D eigenvalue weighted by Gasteiger charge is 2.26. The van der Waals surface area contributed by atoms with Crippen LogP contribution in [0.3, 0.4) is 0 Å². The van der Waals surface area contributed by atoms with Crippen LogP contribution in [0.4, 0.5) is 5.13 Å². The van der Waals surface area contributed by atoms with E-state index in [1.165, 1.54) is 30.8 Å². The Hall–Kier alpha value is -0.680. The molecule has 0 radical (unpaired) electrons. The predicted octanol–water partition coefficient (Wildman–Crippen LogP) is 1.16. The van der Waals surface area contributed by atoms with Crippen molar-refractivity contribution < 1.29 is 0 Å². The normalized spacial score (nSPS) is 16.7. The molecule has 78 valence electrons. The molecule has 0 bridgehead atoms. The van der Waals surface area contributed by atoms with E-state index in [-0.39, 0.29) is 0 Å². The summed E-state index contributed by atoms with van der Waals surface area (Å²) in [5, 5.41) is 1.04. The highest BCUT2D eigenvalue weighted by Crippen LogP contribution is 2.29. The Morgan fingerprint density at radius 1 is 1.57 bits per heavy atom. The molecule has 2 rings (SSSR count). The number of hydrogen-bond acceptors (Lipinski definition) is 5. The van der Waals surface area contributed by atoms with Crippen LogP contribution >= 0.6 is 11.5 Å². The van der Waals surface area contributed by atoms with Gasteiger partial charge in [0.2, 0.25) is 5.13 Å². The fourth-order valence-corrected chi connectivity index (χ4v) is 2.45. The van der Waals surface area contributed by atoms with E-state index in [2.05, 4.69) is 14.3 Å². The monoisotopic (exact) mass is 212 g/mol. The van der Waals surface area contributed by atoms with Gasteiger partial charge in [0.05, 0.1) is 0 Å². The Labute approximate surface area is 88.3 Å². The number of nitrogens with two attached hydrogens (primary N) is 1. The summed E-state index contributed by atoms with van der Waals surface area (Å²) >= 11 is 1.48. The fourth-order valence-electron chi connectivity index (χ4n) is 1.67. The third kappa shape index (κ3) is 1.88. The number of rotatable bonds is 4. The maximum Gasteiger partial charge on any atom is 0.205 e. The minimum absolute atomic E-state index is 0.658. The van der Waals surface area contributed by atoms with Gasteiger partial charge in [-0.1, -0.05) is 0 Å². The topological polar surface area (TPSA) is 55.0 Å². The summed E-state index contributed by atoms with van der Waals surface area (Å²) in [6.07, 6.45) is 3.89. The van der Waals surface area contributed by atoms with Crippen LogP contribution in [0.25, 0.3) is 0 Å². The molecular formula is C9H16N4S. The van der Waals surface area contributed by atoms with Crippen LogP contribution in [0, 0.1) is 6.92 Å². The minimum Gasteiger partial charge on any atom is -0.343 e. The molecule has 14 heavy (non-hydrogen) atoms. The second kappa shape index (κ2) is 4.23. The van der Waals surface area contributed by atoms with Crippen molar-refractivity contribution in [2.75, 3.05) is 18.0 Å². The van der Waals surface area contributed by atoms with E-state index >= 15 is 0 Å². The van der Waals surface area contributed by atoms with Crippen LogP contribution in [0.15, 0.2) is 0 Å². The second-order valence-electron chi connectivity index (χ2n) is 3.69. The van der Waals surface area contributed by atoms with Gasteiger partial charge in [-0.3, -0.25) is 0 Å². The van der Waals surface area contributed by atoms with Crippen molar-refractivity contribution in [2.45, 2.75) is 32.2 Å². The molecule has 1 aliphatic carbocycles. The molecule has 0 amide bonds. The van der Waals surface area contributed by atoms with Crippen LogP contribution in [0.2, 0.25) is 0 Å². The summed E-state index contributed by atoms with van der Waals surface area (Å²) in [7, 11) is 0. The maximum absolute atomic E-state index is 5.60. The van der Waals surface area contributed by atoms with Gasteiger partial charge in [-0.25, -0.2) is 4.98 Å². The zero-order valence-corrected chi connectivity index (χ0v) is 9.26. The average Bonchev–Trinajstić information content (AvgIpc) is 2.48. The van der Waals surface area contributed by atoms with E-state index in [0.29, 0.717) is 12.6 Å². The second-order valence-corrected chi connectivity index (χ2v) is 4.42. The highest BCUT2D eigenvalue weighted by molar-refractivity contribution is 7.09.